The first kappa shape index (κ1) is 13.2. The molecule has 3 rings (SSSR count). The molecule has 0 saturated heterocycles. The smallest absolute Gasteiger partial charge is 0.234 e. The Hall–Kier alpha value is -1.81. The van der Waals surface area contributed by atoms with E-state index in [1.807, 2.05) is 37.3 Å². The molecule has 1 aliphatic rings. The van der Waals surface area contributed by atoms with Gasteiger partial charge in [0.2, 0.25) is 5.91 Å². The zero-order chi connectivity index (χ0) is 13.9. The summed E-state index contributed by atoms with van der Waals surface area (Å²) >= 11 is 1.65. The van der Waals surface area contributed by atoms with Gasteiger partial charge in [0.25, 0.3) is 0 Å². The SMILES string of the molecule is CC(NC(=O)C1Cc2ccccc2S1)c1ccccn1. The Morgan fingerprint density at radius 2 is 2.10 bits per heavy atom. The normalized spacial score (nSPS) is 18.4. The molecule has 1 aliphatic heterocycles. The first-order chi connectivity index (χ1) is 9.74. The van der Waals surface area contributed by atoms with Crippen molar-refractivity contribution in [2.24, 2.45) is 0 Å². The Labute approximate surface area is 122 Å². The lowest BCUT2D eigenvalue weighted by Crippen LogP contribution is -2.34. The van der Waals surface area contributed by atoms with E-state index in [-0.39, 0.29) is 17.2 Å². The van der Waals surface area contributed by atoms with Crippen LogP contribution in [0, 0.1) is 0 Å². The summed E-state index contributed by atoms with van der Waals surface area (Å²) in [4.78, 5) is 17.8. The minimum atomic E-state index is -0.0620. The van der Waals surface area contributed by atoms with Crippen LogP contribution in [0.3, 0.4) is 0 Å². The Kier molecular flexibility index (Phi) is 3.74. The number of benzene rings is 1. The van der Waals surface area contributed by atoms with Gasteiger partial charge in [-0.25, -0.2) is 0 Å². The number of nitrogens with one attached hydrogen (secondary N) is 1. The third-order valence-electron chi connectivity index (χ3n) is 3.43. The Balaban J connectivity index is 1.64. The molecule has 0 aliphatic carbocycles. The van der Waals surface area contributed by atoms with Crippen molar-refractivity contribution in [3.05, 3.63) is 59.9 Å². The van der Waals surface area contributed by atoms with Gasteiger partial charge >= 0.3 is 0 Å². The van der Waals surface area contributed by atoms with Crippen LogP contribution in [0.1, 0.15) is 24.2 Å². The summed E-state index contributed by atoms with van der Waals surface area (Å²) in [6.07, 6.45) is 2.56. The predicted octanol–water partition coefficient (Wildman–Crippen LogP) is 2.98. The molecule has 1 amide bonds. The fraction of sp³-hybridized carbons (Fsp3) is 0.250. The van der Waals surface area contributed by atoms with Crippen LogP contribution in [-0.2, 0) is 11.2 Å². The van der Waals surface area contributed by atoms with Gasteiger partial charge in [-0.05, 0) is 37.1 Å². The molecular formula is C16H16N2OS. The van der Waals surface area contributed by atoms with Crippen molar-refractivity contribution < 1.29 is 4.79 Å². The van der Waals surface area contributed by atoms with Crippen molar-refractivity contribution in [1.82, 2.24) is 10.3 Å². The first-order valence-electron chi connectivity index (χ1n) is 6.70. The van der Waals surface area contributed by atoms with Crippen molar-refractivity contribution in [3.8, 4) is 0 Å². The van der Waals surface area contributed by atoms with Crippen LogP contribution in [0.4, 0.5) is 0 Å². The van der Waals surface area contributed by atoms with Gasteiger partial charge in [-0.1, -0.05) is 24.3 Å². The van der Waals surface area contributed by atoms with E-state index >= 15 is 0 Å². The first-order valence-corrected chi connectivity index (χ1v) is 7.58. The summed E-state index contributed by atoms with van der Waals surface area (Å²) < 4.78 is 0. The number of pyridine rings is 1. The summed E-state index contributed by atoms with van der Waals surface area (Å²) in [5.41, 5.74) is 2.16. The Morgan fingerprint density at radius 1 is 1.30 bits per heavy atom. The lowest BCUT2D eigenvalue weighted by atomic mass is 10.1. The number of carbonyl (C=O) groups is 1. The number of hydrogen-bond acceptors (Lipinski definition) is 3. The van der Waals surface area contributed by atoms with E-state index < -0.39 is 0 Å². The maximum Gasteiger partial charge on any atom is 0.234 e. The standard InChI is InChI=1S/C16H16N2OS/c1-11(13-7-4-5-9-17-13)18-16(19)15-10-12-6-2-3-8-14(12)20-15/h2-9,11,15H,10H2,1H3,(H,18,19). The molecule has 2 heterocycles. The fourth-order valence-electron chi connectivity index (χ4n) is 2.34. The molecule has 0 bridgehead atoms. The molecule has 1 aromatic heterocycles. The van der Waals surface area contributed by atoms with Crippen LogP contribution in [0.25, 0.3) is 0 Å². The minimum Gasteiger partial charge on any atom is -0.347 e. The second kappa shape index (κ2) is 5.67. The quantitative estimate of drug-likeness (QED) is 0.942. The lowest BCUT2D eigenvalue weighted by molar-refractivity contribution is -0.121. The van der Waals surface area contributed by atoms with Gasteiger partial charge < -0.3 is 5.32 Å². The molecule has 0 saturated carbocycles. The third-order valence-corrected chi connectivity index (χ3v) is 4.75. The number of amides is 1. The van der Waals surface area contributed by atoms with Crippen molar-refractivity contribution in [2.45, 2.75) is 29.5 Å². The molecular weight excluding hydrogens is 268 g/mol. The lowest BCUT2D eigenvalue weighted by Gasteiger charge is -2.16. The molecule has 2 unspecified atom stereocenters. The number of fused-ring (bicyclic) bond motifs is 1. The molecule has 102 valence electrons. The maximum absolute atomic E-state index is 12.3. The predicted molar refractivity (Wildman–Crippen MR) is 80.6 cm³/mol. The summed E-state index contributed by atoms with van der Waals surface area (Å²) in [7, 11) is 0. The van der Waals surface area contributed by atoms with E-state index in [1.165, 1.54) is 10.5 Å². The van der Waals surface area contributed by atoms with Crippen molar-refractivity contribution >= 4 is 17.7 Å². The van der Waals surface area contributed by atoms with Crippen molar-refractivity contribution in [1.29, 1.82) is 0 Å². The largest absolute Gasteiger partial charge is 0.347 e. The van der Waals surface area contributed by atoms with Crippen LogP contribution in [0.2, 0.25) is 0 Å². The molecule has 4 heteroatoms. The van der Waals surface area contributed by atoms with Crippen LogP contribution in [0.5, 0.6) is 0 Å². The van der Waals surface area contributed by atoms with Gasteiger partial charge in [0.05, 0.1) is 17.0 Å². The summed E-state index contributed by atoms with van der Waals surface area (Å²) in [6.45, 7) is 1.97. The van der Waals surface area contributed by atoms with Crippen LogP contribution in [-0.4, -0.2) is 16.1 Å². The second-order valence-corrected chi connectivity index (χ2v) is 6.15. The number of carbonyl (C=O) groups excluding carboxylic acids is 1. The van der Waals surface area contributed by atoms with E-state index in [0.717, 1.165) is 12.1 Å². The highest BCUT2D eigenvalue weighted by atomic mass is 32.2. The molecule has 2 aromatic rings. The van der Waals surface area contributed by atoms with Gasteiger partial charge in [0, 0.05) is 11.1 Å². The molecule has 20 heavy (non-hydrogen) atoms. The van der Waals surface area contributed by atoms with Gasteiger partial charge in [-0.2, -0.15) is 0 Å². The van der Waals surface area contributed by atoms with Crippen LogP contribution in [0.15, 0.2) is 53.6 Å². The van der Waals surface area contributed by atoms with E-state index in [0.29, 0.717) is 0 Å². The van der Waals surface area contributed by atoms with Crippen LogP contribution < -0.4 is 5.32 Å². The van der Waals surface area contributed by atoms with E-state index in [1.54, 1.807) is 18.0 Å². The van der Waals surface area contributed by atoms with E-state index in [2.05, 4.69) is 22.4 Å². The molecule has 1 aromatic carbocycles. The third kappa shape index (κ3) is 2.70. The fourth-order valence-corrected chi connectivity index (χ4v) is 3.55. The van der Waals surface area contributed by atoms with E-state index in [9.17, 15) is 4.79 Å². The topological polar surface area (TPSA) is 42.0 Å². The zero-order valence-electron chi connectivity index (χ0n) is 11.2. The van der Waals surface area contributed by atoms with E-state index in [4.69, 9.17) is 0 Å². The highest BCUT2D eigenvalue weighted by Crippen LogP contribution is 2.36. The number of aromatic nitrogens is 1. The molecule has 3 nitrogen and oxygen atoms in total. The number of rotatable bonds is 3. The highest BCUT2D eigenvalue weighted by Gasteiger charge is 2.28. The van der Waals surface area contributed by atoms with Gasteiger partial charge in [0.15, 0.2) is 0 Å². The number of hydrogen-bond donors (Lipinski definition) is 1. The van der Waals surface area contributed by atoms with Gasteiger partial charge in [0.1, 0.15) is 0 Å². The van der Waals surface area contributed by atoms with Gasteiger partial charge in [-0.3, -0.25) is 9.78 Å². The Bertz CT molecular complexity index is 590. The summed E-state index contributed by atoms with van der Waals surface area (Å²) in [5, 5.41) is 3.02. The Morgan fingerprint density at radius 3 is 2.85 bits per heavy atom. The minimum absolute atomic E-state index is 0.0291. The molecule has 0 spiro atoms. The zero-order valence-corrected chi connectivity index (χ0v) is 12.1. The molecule has 0 fully saturated rings. The molecule has 2 atom stereocenters. The monoisotopic (exact) mass is 284 g/mol. The molecule has 0 radical (unpaired) electrons. The van der Waals surface area contributed by atoms with Crippen molar-refractivity contribution in [2.75, 3.05) is 0 Å². The average Bonchev–Trinajstić information content (AvgIpc) is 2.92. The maximum atomic E-state index is 12.3. The van der Waals surface area contributed by atoms with Crippen LogP contribution >= 0.6 is 11.8 Å². The van der Waals surface area contributed by atoms with Gasteiger partial charge in [-0.15, -0.1) is 11.8 Å². The number of nitrogens with zero attached hydrogens (tertiary/aromatic N) is 1. The molecule has 1 N–H and O–H groups in total. The summed E-state index contributed by atoms with van der Waals surface area (Å²) in [6, 6.07) is 13.9. The average molecular weight is 284 g/mol. The van der Waals surface area contributed by atoms with Crippen molar-refractivity contribution in [3.63, 3.8) is 0 Å². The highest BCUT2D eigenvalue weighted by molar-refractivity contribution is 8.01. The number of thioether (sulfide) groups is 1. The summed E-state index contributed by atoms with van der Waals surface area (Å²) in [5.74, 6) is 0.0874. The second-order valence-electron chi connectivity index (χ2n) is 4.90.